The Bertz CT molecular complexity index is 860. The zero-order valence-corrected chi connectivity index (χ0v) is 15.4. The molecule has 1 N–H and O–H groups in total. The first-order valence-electron chi connectivity index (χ1n) is 8.80. The number of likely N-dealkylation sites (tertiary alicyclic amines) is 1. The Morgan fingerprint density at radius 1 is 1.19 bits per heavy atom. The number of nitrogens with zero attached hydrogens (tertiary/aromatic N) is 2. The maximum Gasteiger partial charge on any atom is 0.295 e. The summed E-state index contributed by atoms with van der Waals surface area (Å²) in [5, 5.41) is 10.8. The molecule has 3 rings (SSSR count). The number of aliphatic hydroxyl groups excluding tert-OH is 1. The van der Waals surface area contributed by atoms with Gasteiger partial charge in [-0.3, -0.25) is 14.6 Å². The summed E-state index contributed by atoms with van der Waals surface area (Å²) in [6.45, 7) is 2.74. The molecule has 2 aromatic rings. The van der Waals surface area contributed by atoms with Crippen LogP contribution >= 0.6 is 0 Å². The highest BCUT2D eigenvalue weighted by molar-refractivity contribution is 6.46. The van der Waals surface area contributed by atoms with Crippen LogP contribution in [0.1, 0.15) is 29.3 Å². The van der Waals surface area contributed by atoms with Crippen LogP contribution in [0.2, 0.25) is 0 Å². The summed E-state index contributed by atoms with van der Waals surface area (Å²) in [5.41, 5.74) is 2.15. The number of hydrogen-bond acceptors (Lipinski definition) is 5. The molecule has 2 heterocycles. The number of ketones is 1. The zero-order chi connectivity index (χ0) is 19.4. The molecular formula is C21H22N2O4. The lowest BCUT2D eigenvalue weighted by Gasteiger charge is -2.24. The number of aryl methyl sites for hydroxylation is 1. The van der Waals surface area contributed by atoms with E-state index in [1.807, 2.05) is 19.1 Å². The summed E-state index contributed by atoms with van der Waals surface area (Å²) in [5.74, 6) is -1.50. The van der Waals surface area contributed by atoms with Crippen LogP contribution in [0.15, 0.2) is 54.2 Å². The average Bonchev–Trinajstić information content (AvgIpc) is 2.94. The molecule has 6 nitrogen and oxygen atoms in total. The number of ether oxygens (including phenoxy) is 1. The van der Waals surface area contributed by atoms with Gasteiger partial charge >= 0.3 is 0 Å². The van der Waals surface area contributed by atoms with Crippen molar-refractivity contribution in [2.75, 3.05) is 20.3 Å². The number of Topliss-reactive ketones (excluding diaryl/α,β-unsaturated/α-hetero) is 1. The molecule has 0 spiro atoms. The van der Waals surface area contributed by atoms with Gasteiger partial charge in [-0.1, -0.05) is 35.9 Å². The van der Waals surface area contributed by atoms with Crippen molar-refractivity contribution in [1.82, 2.24) is 9.88 Å². The number of aliphatic hydroxyl groups is 1. The Kier molecular flexibility index (Phi) is 5.66. The van der Waals surface area contributed by atoms with E-state index in [0.717, 1.165) is 5.56 Å². The quantitative estimate of drug-likeness (QED) is 0.368. The van der Waals surface area contributed by atoms with Crippen LogP contribution in [0, 0.1) is 6.92 Å². The Hall–Kier alpha value is -2.99. The second-order valence-electron chi connectivity index (χ2n) is 6.46. The first-order chi connectivity index (χ1) is 13.0. The molecule has 27 heavy (non-hydrogen) atoms. The number of pyridine rings is 1. The molecule has 6 heteroatoms. The molecule has 1 aliphatic rings. The normalized spacial score (nSPS) is 18.9. The predicted molar refractivity (Wildman–Crippen MR) is 101 cm³/mol. The number of amides is 1. The molecule has 0 radical (unpaired) electrons. The molecule has 1 fully saturated rings. The van der Waals surface area contributed by atoms with Gasteiger partial charge in [0.05, 0.1) is 11.3 Å². The predicted octanol–water partition coefficient (Wildman–Crippen LogP) is 2.85. The van der Waals surface area contributed by atoms with E-state index in [9.17, 15) is 14.7 Å². The lowest BCUT2D eigenvalue weighted by atomic mass is 9.98. The average molecular weight is 366 g/mol. The van der Waals surface area contributed by atoms with Crippen molar-refractivity contribution >= 4 is 17.4 Å². The van der Waals surface area contributed by atoms with Gasteiger partial charge < -0.3 is 14.7 Å². The van der Waals surface area contributed by atoms with Crippen molar-refractivity contribution in [1.29, 1.82) is 0 Å². The molecule has 140 valence electrons. The van der Waals surface area contributed by atoms with Gasteiger partial charge in [0, 0.05) is 32.0 Å². The monoisotopic (exact) mass is 366 g/mol. The molecule has 1 aliphatic heterocycles. The third-order valence-electron chi connectivity index (χ3n) is 4.58. The SMILES string of the molecule is COCCCN1C(=O)C(=O)/C(=C(\O)c2ccc(C)cc2)C1c1ccccn1. The van der Waals surface area contributed by atoms with Gasteiger partial charge in [-0.25, -0.2) is 0 Å². The van der Waals surface area contributed by atoms with Crippen LogP contribution in [0.5, 0.6) is 0 Å². The summed E-state index contributed by atoms with van der Waals surface area (Å²) < 4.78 is 5.06. The number of benzene rings is 1. The number of carbonyl (C=O) groups excluding carboxylic acids is 2. The van der Waals surface area contributed by atoms with Crippen LogP contribution in [0.3, 0.4) is 0 Å². The van der Waals surface area contributed by atoms with Crippen LogP contribution < -0.4 is 0 Å². The van der Waals surface area contributed by atoms with Crippen LogP contribution in [0.25, 0.3) is 5.76 Å². The summed E-state index contributed by atoms with van der Waals surface area (Å²) in [6.07, 6.45) is 2.19. The maximum atomic E-state index is 12.7. The minimum atomic E-state index is -0.718. The maximum absolute atomic E-state index is 12.7. The summed E-state index contributed by atoms with van der Waals surface area (Å²) >= 11 is 0. The molecule has 1 atom stereocenters. The van der Waals surface area contributed by atoms with Crippen molar-refractivity contribution in [3.8, 4) is 0 Å². The van der Waals surface area contributed by atoms with Gasteiger partial charge in [0.15, 0.2) is 0 Å². The largest absolute Gasteiger partial charge is 0.507 e. The van der Waals surface area contributed by atoms with E-state index in [2.05, 4.69) is 4.98 Å². The number of aromatic nitrogens is 1. The lowest BCUT2D eigenvalue weighted by molar-refractivity contribution is -0.140. The fourth-order valence-corrected chi connectivity index (χ4v) is 3.20. The van der Waals surface area contributed by atoms with E-state index in [1.165, 1.54) is 4.90 Å². The fourth-order valence-electron chi connectivity index (χ4n) is 3.20. The smallest absolute Gasteiger partial charge is 0.295 e. The van der Waals surface area contributed by atoms with Gasteiger partial charge in [0.1, 0.15) is 11.8 Å². The van der Waals surface area contributed by atoms with Gasteiger partial charge in [0.25, 0.3) is 11.7 Å². The fraction of sp³-hybridized carbons (Fsp3) is 0.286. The molecule has 1 aromatic carbocycles. The summed E-state index contributed by atoms with van der Waals surface area (Å²) in [4.78, 5) is 31.2. The molecule has 1 aromatic heterocycles. The van der Waals surface area contributed by atoms with Crippen LogP contribution in [-0.4, -0.2) is 46.9 Å². The molecule has 1 amide bonds. The van der Waals surface area contributed by atoms with Gasteiger partial charge in [0.2, 0.25) is 0 Å². The van der Waals surface area contributed by atoms with E-state index >= 15 is 0 Å². The van der Waals surface area contributed by atoms with Crippen molar-refractivity contribution in [2.45, 2.75) is 19.4 Å². The van der Waals surface area contributed by atoms with Gasteiger partial charge in [-0.05, 0) is 25.5 Å². The van der Waals surface area contributed by atoms with Gasteiger partial charge in [-0.2, -0.15) is 0 Å². The van der Waals surface area contributed by atoms with E-state index in [0.29, 0.717) is 30.8 Å². The molecule has 0 bridgehead atoms. The highest BCUT2D eigenvalue weighted by Gasteiger charge is 2.46. The number of rotatable bonds is 6. The van der Waals surface area contributed by atoms with Crippen molar-refractivity contribution < 1.29 is 19.4 Å². The Morgan fingerprint density at radius 3 is 2.56 bits per heavy atom. The van der Waals surface area contributed by atoms with E-state index in [-0.39, 0.29) is 11.3 Å². The highest BCUT2D eigenvalue weighted by Crippen LogP contribution is 2.38. The lowest BCUT2D eigenvalue weighted by Crippen LogP contribution is -2.31. The first-order valence-corrected chi connectivity index (χ1v) is 8.80. The van der Waals surface area contributed by atoms with E-state index in [1.54, 1.807) is 43.6 Å². The number of hydrogen-bond donors (Lipinski definition) is 1. The minimum Gasteiger partial charge on any atom is -0.507 e. The third-order valence-corrected chi connectivity index (χ3v) is 4.58. The first kappa shape index (κ1) is 18.8. The molecule has 1 saturated heterocycles. The summed E-state index contributed by atoms with van der Waals surface area (Å²) in [7, 11) is 1.59. The standard InChI is InChI=1S/C21H22N2O4/c1-14-7-9-15(10-8-14)19(24)17-18(16-6-3-4-11-22-16)23(12-5-13-27-2)21(26)20(17)25/h3-4,6-11,18,24H,5,12-13H2,1-2H3/b19-17-. The summed E-state index contributed by atoms with van der Waals surface area (Å²) in [6, 6.07) is 11.8. The number of carbonyl (C=O) groups is 2. The minimum absolute atomic E-state index is 0.0694. The zero-order valence-electron chi connectivity index (χ0n) is 15.4. The second-order valence-corrected chi connectivity index (χ2v) is 6.46. The number of methoxy groups -OCH3 is 1. The Morgan fingerprint density at radius 2 is 1.93 bits per heavy atom. The van der Waals surface area contributed by atoms with Crippen LogP contribution in [-0.2, 0) is 14.3 Å². The van der Waals surface area contributed by atoms with Crippen molar-refractivity contribution in [3.63, 3.8) is 0 Å². The van der Waals surface area contributed by atoms with E-state index < -0.39 is 17.7 Å². The molecule has 0 saturated carbocycles. The van der Waals surface area contributed by atoms with Crippen molar-refractivity contribution in [2.24, 2.45) is 0 Å². The van der Waals surface area contributed by atoms with Gasteiger partial charge in [-0.15, -0.1) is 0 Å². The molecule has 1 unspecified atom stereocenters. The highest BCUT2D eigenvalue weighted by atomic mass is 16.5. The van der Waals surface area contributed by atoms with Crippen molar-refractivity contribution in [3.05, 3.63) is 71.1 Å². The molecular weight excluding hydrogens is 344 g/mol. The third kappa shape index (κ3) is 3.75. The van der Waals surface area contributed by atoms with E-state index in [4.69, 9.17) is 4.74 Å². The Labute approximate surface area is 158 Å². The second kappa shape index (κ2) is 8.14. The Balaban J connectivity index is 2.09. The topological polar surface area (TPSA) is 79.7 Å². The van der Waals surface area contributed by atoms with Crippen LogP contribution in [0.4, 0.5) is 0 Å². The molecule has 0 aliphatic carbocycles.